The van der Waals surface area contributed by atoms with Gasteiger partial charge in [-0.1, -0.05) is 6.08 Å². The smallest absolute Gasteiger partial charge is 0.208 e. The second-order valence-electron chi connectivity index (χ2n) is 1.54. The monoisotopic (exact) mass is 223 g/mol. The van der Waals surface area contributed by atoms with Gasteiger partial charge in [-0.15, -0.1) is 0 Å². The number of allylic oxidation sites excluding steroid dienone is 2. The van der Waals surface area contributed by atoms with Gasteiger partial charge in [0.05, 0.1) is 0 Å². The van der Waals surface area contributed by atoms with E-state index in [0.29, 0.717) is 0 Å². The highest BCUT2D eigenvalue weighted by molar-refractivity contribution is 14.1. The van der Waals surface area contributed by atoms with Gasteiger partial charge in [0, 0.05) is 0 Å². The molecule has 0 aliphatic carbocycles. The van der Waals surface area contributed by atoms with E-state index < -0.39 is 3.73 Å². The molecule has 0 spiro atoms. The van der Waals surface area contributed by atoms with Crippen LogP contribution in [0, 0.1) is 0 Å². The van der Waals surface area contributed by atoms with Crippen LogP contribution in [-0.2, 0) is 0 Å². The maximum Gasteiger partial charge on any atom is 0.208 e. The van der Waals surface area contributed by atoms with Crippen molar-refractivity contribution in [1.29, 1.82) is 0 Å². The van der Waals surface area contributed by atoms with Crippen LogP contribution in [0.5, 0.6) is 0 Å². The van der Waals surface area contributed by atoms with Crippen molar-refractivity contribution in [3.05, 3.63) is 24.4 Å². The molecule has 2 nitrogen and oxygen atoms in total. The van der Waals surface area contributed by atoms with Crippen LogP contribution in [0.15, 0.2) is 24.4 Å². The number of rotatable bonds is 0. The number of halogens is 1. The van der Waals surface area contributed by atoms with Crippen molar-refractivity contribution in [2.75, 3.05) is 0 Å². The first-order valence-corrected chi connectivity index (χ1v) is 3.32. The topological polar surface area (TPSA) is 32.3 Å². The van der Waals surface area contributed by atoms with Crippen molar-refractivity contribution in [1.82, 2.24) is 5.32 Å². The summed E-state index contributed by atoms with van der Waals surface area (Å²) in [6.45, 7) is 0. The number of aliphatic hydroxyl groups is 1. The predicted octanol–water partition coefficient (Wildman–Crippen LogP) is 0.741. The first kappa shape index (κ1) is 6.10. The average Bonchev–Trinajstić information content (AvgIpc) is 1.65. The summed E-state index contributed by atoms with van der Waals surface area (Å²) in [7, 11) is 0. The van der Waals surface area contributed by atoms with E-state index in [9.17, 15) is 0 Å². The van der Waals surface area contributed by atoms with E-state index in [1.54, 1.807) is 18.4 Å². The fraction of sp³-hybridized carbons (Fsp3) is 0.200. The first-order chi connectivity index (χ1) is 3.71. The number of hydrogen-bond donors (Lipinski definition) is 2. The van der Waals surface area contributed by atoms with E-state index in [0.717, 1.165) is 0 Å². The zero-order valence-electron chi connectivity index (χ0n) is 4.13. The molecule has 0 aromatic rings. The summed E-state index contributed by atoms with van der Waals surface area (Å²) >= 11 is 1.90. The Bertz CT molecular complexity index is 139. The van der Waals surface area contributed by atoms with Crippen LogP contribution < -0.4 is 5.32 Å². The van der Waals surface area contributed by atoms with Crippen LogP contribution in [0.3, 0.4) is 0 Å². The minimum absolute atomic E-state index is 0.869. The lowest BCUT2D eigenvalue weighted by Gasteiger charge is -2.18. The van der Waals surface area contributed by atoms with Gasteiger partial charge in [0.2, 0.25) is 3.73 Å². The lowest BCUT2D eigenvalue weighted by Crippen LogP contribution is -2.33. The van der Waals surface area contributed by atoms with E-state index in [1.165, 1.54) is 0 Å². The Balaban J connectivity index is 2.65. The minimum Gasteiger partial charge on any atom is -0.359 e. The normalized spacial score (nSPS) is 34.8. The Morgan fingerprint density at radius 1 is 1.50 bits per heavy atom. The molecule has 3 heteroatoms. The number of alkyl halides is 1. The molecule has 0 aromatic heterocycles. The first-order valence-electron chi connectivity index (χ1n) is 2.24. The van der Waals surface area contributed by atoms with Crippen molar-refractivity contribution in [2.45, 2.75) is 3.73 Å². The third-order valence-electron chi connectivity index (χ3n) is 0.810. The molecule has 8 heavy (non-hydrogen) atoms. The average molecular weight is 223 g/mol. The van der Waals surface area contributed by atoms with Crippen LogP contribution in [0.2, 0.25) is 0 Å². The largest absolute Gasteiger partial charge is 0.359 e. The molecule has 0 bridgehead atoms. The zero-order valence-corrected chi connectivity index (χ0v) is 6.29. The second-order valence-corrected chi connectivity index (χ2v) is 3.18. The lowest BCUT2D eigenvalue weighted by atomic mass is 10.4. The summed E-state index contributed by atoms with van der Waals surface area (Å²) in [5.41, 5.74) is 0. The van der Waals surface area contributed by atoms with Gasteiger partial charge >= 0.3 is 0 Å². The highest BCUT2D eigenvalue weighted by atomic mass is 127. The zero-order chi connectivity index (χ0) is 6.04. The summed E-state index contributed by atoms with van der Waals surface area (Å²) in [5.74, 6) is 0. The second kappa shape index (κ2) is 2.06. The Morgan fingerprint density at radius 3 is 2.50 bits per heavy atom. The highest BCUT2D eigenvalue weighted by Crippen LogP contribution is 2.14. The summed E-state index contributed by atoms with van der Waals surface area (Å²) in [5, 5.41) is 11.8. The molecule has 1 aliphatic rings. The number of dihydropyridines is 1. The van der Waals surface area contributed by atoms with Crippen molar-refractivity contribution in [3.63, 3.8) is 0 Å². The molecule has 2 N–H and O–H groups in total. The van der Waals surface area contributed by atoms with Crippen LogP contribution in [0.4, 0.5) is 0 Å². The third kappa shape index (κ3) is 1.48. The van der Waals surface area contributed by atoms with E-state index >= 15 is 0 Å². The molecule has 1 rings (SSSR count). The molecular formula is C5H6INO. The maximum absolute atomic E-state index is 9.11. The predicted molar refractivity (Wildman–Crippen MR) is 40.4 cm³/mol. The molecule has 1 aliphatic heterocycles. The van der Waals surface area contributed by atoms with Gasteiger partial charge in [0.25, 0.3) is 0 Å². The summed E-state index contributed by atoms with van der Waals surface area (Å²) in [6.07, 6.45) is 7.00. The Morgan fingerprint density at radius 2 is 2.25 bits per heavy atom. The van der Waals surface area contributed by atoms with Gasteiger partial charge in [-0.05, 0) is 40.9 Å². The van der Waals surface area contributed by atoms with E-state index in [2.05, 4.69) is 5.32 Å². The number of nitrogens with one attached hydrogen (secondary N) is 1. The van der Waals surface area contributed by atoms with Gasteiger partial charge < -0.3 is 10.4 Å². The van der Waals surface area contributed by atoms with Crippen molar-refractivity contribution >= 4 is 22.6 Å². The van der Waals surface area contributed by atoms with Crippen LogP contribution in [-0.4, -0.2) is 8.84 Å². The molecule has 0 saturated carbocycles. The molecule has 0 saturated heterocycles. The van der Waals surface area contributed by atoms with Gasteiger partial charge in [0.1, 0.15) is 0 Å². The molecule has 0 unspecified atom stereocenters. The summed E-state index contributed by atoms with van der Waals surface area (Å²) in [4.78, 5) is 0. The molecule has 0 fully saturated rings. The summed E-state index contributed by atoms with van der Waals surface area (Å²) in [6, 6.07) is 0. The Labute approximate surface area is 61.4 Å². The van der Waals surface area contributed by atoms with Gasteiger partial charge in [-0.2, -0.15) is 0 Å². The van der Waals surface area contributed by atoms with E-state index in [4.69, 9.17) is 5.11 Å². The molecule has 44 valence electrons. The Hall–Kier alpha value is -0.0300. The number of hydrogen-bond acceptors (Lipinski definition) is 2. The van der Waals surface area contributed by atoms with E-state index in [-0.39, 0.29) is 0 Å². The van der Waals surface area contributed by atoms with Crippen LogP contribution in [0.1, 0.15) is 0 Å². The van der Waals surface area contributed by atoms with Crippen molar-refractivity contribution in [2.24, 2.45) is 0 Å². The van der Waals surface area contributed by atoms with Gasteiger partial charge in [-0.25, -0.2) is 0 Å². The quantitative estimate of drug-likeness (QED) is 0.360. The van der Waals surface area contributed by atoms with E-state index in [1.807, 2.05) is 28.7 Å². The minimum atomic E-state index is -0.869. The SMILES string of the molecule is O[C@]1(I)C=CC=CN1. The molecule has 1 atom stereocenters. The van der Waals surface area contributed by atoms with Gasteiger partial charge in [-0.3, -0.25) is 0 Å². The van der Waals surface area contributed by atoms with Crippen LogP contribution in [0.25, 0.3) is 0 Å². The van der Waals surface area contributed by atoms with Gasteiger partial charge in [0.15, 0.2) is 0 Å². The fourth-order valence-electron chi connectivity index (χ4n) is 0.452. The third-order valence-corrected chi connectivity index (χ3v) is 1.48. The maximum atomic E-state index is 9.11. The van der Waals surface area contributed by atoms with Crippen molar-refractivity contribution in [3.8, 4) is 0 Å². The molecular weight excluding hydrogens is 217 g/mol. The molecule has 1 heterocycles. The molecule has 0 aromatic carbocycles. The highest BCUT2D eigenvalue weighted by Gasteiger charge is 2.15. The van der Waals surface area contributed by atoms with Crippen molar-refractivity contribution < 1.29 is 5.11 Å². The molecule has 0 radical (unpaired) electrons. The fourth-order valence-corrected chi connectivity index (χ4v) is 0.839. The lowest BCUT2D eigenvalue weighted by molar-refractivity contribution is 0.183. The molecule has 0 amide bonds. The Kier molecular flexibility index (Phi) is 1.57. The standard InChI is InChI=1S/C5H6INO/c6-5(8)3-1-2-4-7-5/h1-4,7-8H/t5-/m0/s1. The summed E-state index contributed by atoms with van der Waals surface area (Å²) < 4.78 is -0.869. The van der Waals surface area contributed by atoms with Crippen LogP contribution >= 0.6 is 22.6 Å².